The van der Waals surface area contributed by atoms with Crippen LogP contribution in [-0.4, -0.2) is 64.2 Å². The lowest BCUT2D eigenvalue weighted by atomic mass is 9.94. The topological polar surface area (TPSA) is 108 Å². The van der Waals surface area contributed by atoms with E-state index in [9.17, 15) is 19.5 Å². The van der Waals surface area contributed by atoms with Crippen LogP contribution in [0.1, 0.15) is 84.2 Å². The Bertz CT molecular complexity index is 867. The zero-order chi connectivity index (χ0) is 26.7. The first-order valence-corrected chi connectivity index (χ1v) is 14.3. The molecule has 8 nitrogen and oxygen atoms in total. The van der Waals surface area contributed by atoms with E-state index in [4.69, 9.17) is 4.74 Å². The van der Waals surface area contributed by atoms with Gasteiger partial charge < -0.3 is 25.4 Å². The van der Waals surface area contributed by atoms with Gasteiger partial charge in [-0.1, -0.05) is 38.3 Å². The van der Waals surface area contributed by atoms with Crippen LogP contribution < -0.4 is 10.6 Å². The summed E-state index contributed by atoms with van der Waals surface area (Å²) >= 11 is 1.57. The number of nitrogens with zero attached hydrogens (tertiary/aromatic N) is 1. The van der Waals surface area contributed by atoms with Gasteiger partial charge in [-0.25, -0.2) is 4.79 Å². The Morgan fingerprint density at radius 2 is 1.89 bits per heavy atom. The van der Waals surface area contributed by atoms with Gasteiger partial charge in [0.1, 0.15) is 23.4 Å². The molecule has 0 bridgehead atoms. The summed E-state index contributed by atoms with van der Waals surface area (Å²) in [5.41, 5.74) is -0.171. The summed E-state index contributed by atoms with van der Waals surface area (Å²) in [6.45, 7) is 7.56. The van der Waals surface area contributed by atoms with Crippen molar-refractivity contribution in [2.75, 3.05) is 18.6 Å². The van der Waals surface area contributed by atoms with Crippen LogP contribution in [-0.2, 0) is 14.3 Å². The number of hydrogen-bond acceptors (Lipinski definition) is 6. The normalized spacial score (nSPS) is 16.0. The highest BCUT2D eigenvalue weighted by Crippen LogP contribution is 2.27. The second-order valence-corrected chi connectivity index (χ2v) is 11.3. The van der Waals surface area contributed by atoms with E-state index >= 15 is 0 Å². The van der Waals surface area contributed by atoms with E-state index in [2.05, 4.69) is 10.6 Å². The molecule has 0 radical (unpaired) electrons. The summed E-state index contributed by atoms with van der Waals surface area (Å²) in [5.74, 6) is 0.0637. The molecule has 0 spiro atoms. The maximum absolute atomic E-state index is 13.9. The Hall–Kier alpha value is -2.42. The van der Waals surface area contributed by atoms with Crippen LogP contribution in [0.2, 0.25) is 0 Å². The van der Waals surface area contributed by atoms with Gasteiger partial charge in [0.2, 0.25) is 11.8 Å². The number of phenolic OH excluding ortho intramolecular Hbond substituents is 1. The van der Waals surface area contributed by atoms with Gasteiger partial charge >= 0.3 is 6.09 Å². The second-order valence-electron chi connectivity index (χ2n) is 10.4. The van der Waals surface area contributed by atoms with E-state index in [1.54, 1.807) is 44.7 Å². The third-order valence-corrected chi connectivity index (χ3v) is 6.69. The van der Waals surface area contributed by atoms with Gasteiger partial charge in [0.15, 0.2) is 0 Å². The number of aromatic hydroxyl groups is 1. The number of phenols is 1. The lowest BCUT2D eigenvalue weighted by Gasteiger charge is -2.35. The Balaban J connectivity index is 2.39. The van der Waals surface area contributed by atoms with Crippen molar-refractivity contribution >= 4 is 29.7 Å². The number of carbonyl (C=O) groups is 3. The number of nitrogens with one attached hydrogen (secondary N) is 2. The van der Waals surface area contributed by atoms with Crippen LogP contribution >= 0.6 is 11.8 Å². The minimum absolute atomic E-state index is 0.0256. The maximum atomic E-state index is 13.9. The Morgan fingerprint density at radius 1 is 1.19 bits per heavy atom. The minimum Gasteiger partial charge on any atom is -0.508 e. The molecule has 1 saturated carbocycles. The Kier molecular flexibility index (Phi) is 11.9. The molecule has 1 aliphatic carbocycles. The zero-order valence-corrected chi connectivity index (χ0v) is 23.2. The van der Waals surface area contributed by atoms with Crippen LogP contribution in [0.4, 0.5) is 4.79 Å². The largest absolute Gasteiger partial charge is 0.508 e. The van der Waals surface area contributed by atoms with Gasteiger partial charge in [0.05, 0.1) is 0 Å². The van der Waals surface area contributed by atoms with Crippen molar-refractivity contribution < 1.29 is 24.2 Å². The van der Waals surface area contributed by atoms with Crippen LogP contribution in [0.25, 0.3) is 0 Å². The van der Waals surface area contributed by atoms with Crippen molar-refractivity contribution in [3.8, 4) is 5.75 Å². The van der Waals surface area contributed by atoms with Gasteiger partial charge in [-0.05, 0) is 76.2 Å². The molecule has 1 aromatic rings. The van der Waals surface area contributed by atoms with Crippen LogP contribution in [0, 0.1) is 0 Å². The number of amides is 3. The summed E-state index contributed by atoms with van der Waals surface area (Å²) < 4.78 is 5.41. The van der Waals surface area contributed by atoms with E-state index in [1.165, 1.54) is 17.0 Å². The highest BCUT2D eigenvalue weighted by Gasteiger charge is 2.36. The number of ether oxygens (including phenoxy) is 1. The van der Waals surface area contributed by atoms with Crippen molar-refractivity contribution in [2.24, 2.45) is 0 Å². The molecular formula is C27H43N3O5S. The molecule has 36 heavy (non-hydrogen) atoms. The van der Waals surface area contributed by atoms with E-state index in [0.29, 0.717) is 30.7 Å². The standard InChI is InChI=1S/C27H43N3O5S/c1-6-16-30(25(33)22(15-17-36-5)29-26(34)35-27(2,3)4)23(19-11-10-14-21(31)18-19)24(32)28-20-12-8-7-9-13-20/h10-11,14,18,20,22-23,31H,6-9,12-13,15-17H2,1-5H3,(H,28,32)(H,29,34). The van der Waals surface area contributed by atoms with Crippen molar-refractivity contribution in [3.63, 3.8) is 0 Å². The average molecular weight is 522 g/mol. The number of alkyl carbamates (subject to hydrolysis) is 1. The first kappa shape index (κ1) is 29.8. The van der Waals surface area contributed by atoms with Gasteiger partial charge in [-0.3, -0.25) is 9.59 Å². The molecule has 3 N–H and O–H groups in total. The lowest BCUT2D eigenvalue weighted by Crippen LogP contribution is -2.54. The fourth-order valence-corrected chi connectivity index (χ4v) is 4.92. The molecule has 2 unspecified atom stereocenters. The minimum atomic E-state index is -0.927. The summed E-state index contributed by atoms with van der Waals surface area (Å²) in [6.07, 6.45) is 7.41. The molecule has 1 aromatic carbocycles. The molecule has 0 aliphatic heterocycles. The molecule has 2 rings (SSSR count). The van der Waals surface area contributed by atoms with Crippen molar-refractivity contribution in [2.45, 2.75) is 96.4 Å². The zero-order valence-electron chi connectivity index (χ0n) is 22.3. The van der Waals surface area contributed by atoms with Crippen LogP contribution in [0.5, 0.6) is 5.75 Å². The maximum Gasteiger partial charge on any atom is 0.408 e. The van der Waals surface area contributed by atoms with Crippen molar-refractivity contribution in [3.05, 3.63) is 29.8 Å². The number of carbonyl (C=O) groups excluding carboxylic acids is 3. The monoisotopic (exact) mass is 521 g/mol. The highest BCUT2D eigenvalue weighted by molar-refractivity contribution is 7.98. The quantitative estimate of drug-likeness (QED) is 0.387. The molecule has 1 aliphatic rings. The predicted molar refractivity (Wildman–Crippen MR) is 144 cm³/mol. The molecule has 9 heteroatoms. The molecule has 1 fully saturated rings. The highest BCUT2D eigenvalue weighted by atomic mass is 32.2. The van der Waals surface area contributed by atoms with Gasteiger partial charge in [-0.2, -0.15) is 11.8 Å². The number of hydrogen-bond donors (Lipinski definition) is 3. The van der Waals surface area contributed by atoms with E-state index < -0.39 is 23.8 Å². The molecule has 202 valence electrons. The van der Waals surface area contributed by atoms with Crippen LogP contribution in [0.3, 0.4) is 0 Å². The fraction of sp³-hybridized carbons (Fsp3) is 0.667. The molecule has 0 saturated heterocycles. The SMILES string of the molecule is CCCN(C(=O)C(CCSC)NC(=O)OC(C)(C)C)C(C(=O)NC1CCCCC1)c1cccc(O)c1. The van der Waals surface area contributed by atoms with E-state index in [1.807, 2.05) is 13.2 Å². The predicted octanol–water partition coefficient (Wildman–Crippen LogP) is 4.77. The lowest BCUT2D eigenvalue weighted by molar-refractivity contribution is -0.143. The van der Waals surface area contributed by atoms with E-state index in [-0.39, 0.29) is 23.6 Å². The summed E-state index contributed by atoms with van der Waals surface area (Å²) in [6, 6.07) is 4.78. The molecule has 0 heterocycles. The van der Waals surface area contributed by atoms with Crippen molar-refractivity contribution in [1.82, 2.24) is 15.5 Å². The fourth-order valence-electron chi connectivity index (χ4n) is 4.45. The van der Waals surface area contributed by atoms with Crippen LogP contribution in [0.15, 0.2) is 24.3 Å². The van der Waals surface area contributed by atoms with Gasteiger partial charge in [0.25, 0.3) is 0 Å². The Morgan fingerprint density at radius 3 is 2.47 bits per heavy atom. The molecule has 0 aromatic heterocycles. The molecule has 3 amide bonds. The molecule has 2 atom stereocenters. The number of rotatable bonds is 11. The Labute approximate surface area is 219 Å². The first-order chi connectivity index (χ1) is 17.1. The molecular weight excluding hydrogens is 478 g/mol. The number of benzene rings is 1. The smallest absolute Gasteiger partial charge is 0.408 e. The van der Waals surface area contributed by atoms with E-state index in [0.717, 1.165) is 32.1 Å². The summed E-state index contributed by atoms with van der Waals surface area (Å²) in [7, 11) is 0. The third-order valence-electron chi connectivity index (χ3n) is 6.04. The van der Waals surface area contributed by atoms with Crippen molar-refractivity contribution in [1.29, 1.82) is 0 Å². The average Bonchev–Trinajstić information content (AvgIpc) is 2.80. The summed E-state index contributed by atoms with van der Waals surface area (Å²) in [5, 5.41) is 16.0. The summed E-state index contributed by atoms with van der Waals surface area (Å²) in [4.78, 5) is 41.7. The number of thioether (sulfide) groups is 1. The second kappa shape index (κ2) is 14.4. The van der Waals surface area contributed by atoms with Gasteiger partial charge in [0, 0.05) is 12.6 Å². The van der Waals surface area contributed by atoms with Gasteiger partial charge in [-0.15, -0.1) is 0 Å². The third kappa shape index (κ3) is 9.56. The first-order valence-electron chi connectivity index (χ1n) is 12.9.